The Morgan fingerprint density at radius 1 is 0.667 bits per heavy atom. The number of hydrogen-bond acceptors (Lipinski definition) is 0. The number of halogens is 2. The molecular weight excluding hydrogens is 191 g/mol. The lowest BCUT2D eigenvalue weighted by Gasteiger charge is -2.25. The van der Waals surface area contributed by atoms with Crippen LogP contribution in [0.1, 0.15) is 41.5 Å². The Kier molecular flexibility index (Phi) is 3.69. The standard InChI is InChI=1S/C10H18Cl2/c1-9(2,3)7(11)8(12)10(4,5)6/h1-6H3/b8-7-. The smallest absolute Gasteiger partial charge is 0.0384 e. The summed E-state index contributed by atoms with van der Waals surface area (Å²) in [6, 6.07) is 0. The highest BCUT2D eigenvalue weighted by atomic mass is 35.5. The summed E-state index contributed by atoms with van der Waals surface area (Å²) in [6.45, 7) is 12.4. The molecule has 0 aliphatic heterocycles. The lowest BCUT2D eigenvalue weighted by Crippen LogP contribution is -2.13. The van der Waals surface area contributed by atoms with Crippen molar-refractivity contribution in [2.24, 2.45) is 10.8 Å². The van der Waals surface area contributed by atoms with Crippen molar-refractivity contribution in [1.82, 2.24) is 0 Å². The molecule has 2 heteroatoms. The van der Waals surface area contributed by atoms with Crippen molar-refractivity contribution < 1.29 is 0 Å². The van der Waals surface area contributed by atoms with Crippen molar-refractivity contribution in [3.8, 4) is 0 Å². The summed E-state index contributed by atoms with van der Waals surface area (Å²) in [5.74, 6) is 0. The zero-order valence-electron chi connectivity index (χ0n) is 8.76. The summed E-state index contributed by atoms with van der Waals surface area (Å²) in [5, 5.41) is 1.52. The van der Waals surface area contributed by atoms with Gasteiger partial charge in [-0.2, -0.15) is 0 Å². The van der Waals surface area contributed by atoms with Crippen LogP contribution in [-0.4, -0.2) is 0 Å². The first kappa shape index (κ1) is 12.3. The SMILES string of the molecule is CC(C)(C)/C(Cl)=C(/Cl)C(C)(C)C. The van der Waals surface area contributed by atoms with Crippen molar-refractivity contribution in [2.75, 3.05) is 0 Å². The molecule has 0 aliphatic rings. The van der Waals surface area contributed by atoms with Crippen LogP contribution in [0.25, 0.3) is 0 Å². The Balaban J connectivity index is 4.96. The van der Waals surface area contributed by atoms with E-state index in [2.05, 4.69) is 41.5 Å². The molecule has 72 valence electrons. The molecular formula is C10H18Cl2. The fraction of sp³-hybridized carbons (Fsp3) is 0.800. The highest BCUT2D eigenvalue weighted by Gasteiger charge is 2.25. The van der Waals surface area contributed by atoms with Gasteiger partial charge in [0.15, 0.2) is 0 Å². The first-order valence-corrected chi connectivity index (χ1v) is 4.88. The Morgan fingerprint density at radius 2 is 0.833 bits per heavy atom. The zero-order chi connectivity index (χ0) is 10.2. The van der Waals surface area contributed by atoms with E-state index in [1.807, 2.05) is 0 Å². The molecule has 0 aromatic rings. The number of rotatable bonds is 0. The van der Waals surface area contributed by atoms with Crippen LogP contribution in [0.5, 0.6) is 0 Å². The van der Waals surface area contributed by atoms with E-state index in [-0.39, 0.29) is 10.8 Å². The lowest BCUT2D eigenvalue weighted by atomic mass is 9.88. The average molecular weight is 209 g/mol. The first-order valence-electron chi connectivity index (χ1n) is 4.13. The monoisotopic (exact) mass is 208 g/mol. The average Bonchev–Trinajstić information content (AvgIpc) is 1.80. The van der Waals surface area contributed by atoms with Crippen molar-refractivity contribution in [1.29, 1.82) is 0 Å². The van der Waals surface area contributed by atoms with E-state index < -0.39 is 0 Å². The van der Waals surface area contributed by atoms with Gasteiger partial charge < -0.3 is 0 Å². The Hall–Kier alpha value is 0.320. The van der Waals surface area contributed by atoms with Crippen LogP contribution in [0.15, 0.2) is 10.1 Å². The van der Waals surface area contributed by atoms with Gasteiger partial charge in [-0.15, -0.1) is 0 Å². The minimum absolute atomic E-state index is 0.0497. The maximum absolute atomic E-state index is 6.14. The van der Waals surface area contributed by atoms with Gasteiger partial charge in [0.25, 0.3) is 0 Å². The van der Waals surface area contributed by atoms with Crippen LogP contribution < -0.4 is 0 Å². The molecule has 0 spiro atoms. The van der Waals surface area contributed by atoms with Crippen LogP contribution in [0.2, 0.25) is 0 Å². The molecule has 0 bridgehead atoms. The Labute approximate surface area is 85.9 Å². The van der Waals surface area contributed by atoms with Gasteiger partial charge in [0, 0.05) is 10.1 Å². The molecule has 0 saturated heterocycles. The van der Waals surface area contributed by atoms with E-state index >= 15 is 0 Å². The molecule has 0 N–H and O–H groups in total. The Bertz CT molecular complexity index is 167. The third kappa shape index (κ3) is 3.37. The molecule has 0 heterocycles. The predicted molar refractivity (Wildman–Crippen MR) is 57.6 cm³/mol. The van der Waals surface area contributed by atoms with E-state index in [1.54, 1.807) is 0 Å². The molecule has 0 aromatic heterocycles. The highest BCUT2D eigenvalue weighted by Crippen LogP contribution is 2.40. The maximum Gasteiger partial charge on any atom is 0.0384 e. The van der Waals surface area contributed by atoms with Gasteiger partial charge >= 0.3 is 0 Å². The van der Waals surface area contributed by atoms with Crippen LogP contribution >= 0.6 is 23.2 Å². The molecule has 0 aliphatic carbocycles. The van der Waals surface area contributed by atoms with E-state index in [0.717, 1.165) is 10.1 Å². The molecule has 12 heavy (non-hydrogen) atoms. The molecule has 0 saturated carbocycles. The lowest BCUT2D eigenvalue weighted by molar-refractivity contribution is 0.483. The summed E-state index contributed by atoms with van der Waals surface area (Å²) < 4.78 is 0. The molecule has 0 unspecified atom stereocenters. The van der Waals surface area contributed by atoms with Gasteiger partial charge in [-0.05, 0) is 10.8 Å². The molecule has 0 aromatic carbocycles. The minimum Gasteiger partial charge on any atom is -0.0873 e. The van der Waals surface area contributed by atoms with Gasteiger partial charge in [0.2, 0.25) is 0 Å². The van der Waals surface area contributed by atoms with Gasteiger partial charge in [0.05, 0.1) is 0 Å². The van der Waals surface area contributed by atoms with Gasteiger partial charge in [-0.25, -0.2) is 0 Å². The molecule has 0 rings (SSSR count). The molecule has 0 fully saturated rings. The van der Waals surface area contributed by atoms with Crippen LogP contribution in [0, 0.1) is 10.8 Å². The minimum atomic E-state index is -0.0497. The fourth-order valence-electron chi connectivity index (χ4n) is 0.658. The van der Waals surface area contributed by atoms with E-state index in [9.17, 15) is 0 Å². The third-order valence-corrected chi connectivity index (χ3v) is 3.12. The van der Waals surface area contributed by atoms with Crippen molar-refractivity contribution in [3.63, 3.8) is 0 Å². The second kappa shape index (κ2) is 3.59. The van der Waals surface area contributed by atoms with Gasteiger partial charge in [-0.1, -0.05) is 64.7 Å². The van der Waals surface area contributed by atoms with E-state index in [4.69, 9.17) is 23.2 Å². The molecule has 0 nitrogen and oxygen atoms in total. The van der Waals surface area contributed by atoms with Crippen molar-refractivity contribution >= 4 is 23.2 Å². The largest absolute Gasteiger partial charge is 0.0873 e. The van der Waals surface area contributed by atoms with Crippen LogP contribution in [-0.2, 0) is 0 Å². The second-order valence-electron chi connectivity index (χ2n) is 5.13. The van der Waals surface area contributed by atoms with Crippen molar-refractivity contribution in [2.45, 2.75) is 41.5 Å². The zero-order valence-corrected chi connectivity index (χ0v) is 10.3. The fourth-order valence-corrected chi connectivity index (χ4v) is 1.23. The van der Waals surface area contributed by atoms with E-state index in [0.29, 0.717) is 0 Å². The summed E-state index contributed by atoms with van der Waals surface area (Å²) in [7, 11) is 0. The molecule has 0 radical (unpaired) electrons. The second-order valence-corrected chi connectivity index (χ2v) is 5.88. The number of hydrogen-bond donors (Lipinski definition) is 0. The summed E-state index contributed by atoms with van der Waals surface area (Å²) >= 11 is 12.3. The van der Waals surface area contributed by atoms with Crippen molar-refractivity contribution in [3.05, 3.63) is 10.1 Å². The maximum atomic E-state index is 6.14. The summed E-state index contributed by atoms with van der Waals surface area (Å²) in [6.07, 6.45) is 0. The molecule has 0 amide bonds. The first-order chi connectivity index (χ1) is 5.07. The summed E-state index contributed by atoms with van der Waals surface area (Å²) in [5.41, 5.74) is -0.0994. The molecule has 0 atom stereocenters. The van der Waals surface area contributed by atoms with Gasteiger partial charge in [-0.3, -0.25) is 0 Å². The summed E-state index contributed by atoms with van der Waals surface area (Å²) in [4.78, 5) is 0. The van der Waals surface area contributed by atoms with Gasteiger partial charge in [0.1, 0.15) is 0 Å². The van der Waals surface area contributed by atoms with Crippen LogP contribution in [0.3, 0.4) is 0 Å². The topological polar surface area (TPSA) is 0 Å². The van der Waals surface area contributed by atoms with E-state index in [1.165, 1.54) is 0 Å². The highest BCUT2D eigenvalue weighted by molar-refractivity contribution is 6.39. The quantitative estimate of drug-likeness (QED) is 0.539. The van der Waals surface area contributed by atoms with Crippen LogP contribution in [0.4, 0.5) is 0 Å². The number of allylic oxidation sites excluding steroid dienone is 2. The Morgan fingerprint density at radius 3 is 0.917 bits per heavy atom. The normalized spacial score (nSPS) is 16.0. The third-order valence-electron chi connectivity index (χ3n) is 1.51. The predicted octanol–water partition coefficient (Wildman–Crippen LogP) is 4.77.